The van der Waals surface area contributed by atoms with Crippen LogP contribution in [-0.4, -0.2) is 17.3 Å². The van der Waals surface area contributed by atoms with E-state index in [-0.39, 0.29) is 18.1 Å². The molecule has 0 aliphatic carbocycles. The zero-order chi connectivity index (χ0) is 11.5. The molecule has 2 heteroatoms. The van der Waals surface area contributed by atoms with Crippen molar-refractivity contribution in [3.63, 3.8) is 0 Å². The van der Waals surface area contributed by atoms with Gasteiger partial charge in [-0.3, -0.25) is 0 Å². The molecular weight excluding hydrogens is 186 g/mol. The average Bonchev–Trinajstić information content (AvgIpc) is 2.14. The molecule has 3 N–H and O–H groups in total. The van der Waals surface area contributed by atoms with E-state index < -0.39 is 0 Å². The summed E-state index contributed by atoms with van der Waals surface area (Å²) in [6.45, 7) is 6.26. The van der Waals surface area contributed by atoms with Crippen LogP contribution in [-0.2, 0) is 0 Å². The minimum absolute atomic E-state index is 0.180. The molecule has 0 saturated heterocycles. The predicted molar refractivity (Wildman–Crippen MR) is 63.9 cm³/mol. The number of benzene rings is 1. The molecule has 84 valence electrons. The summed E-state index contributed by atoms with van der Waals surface area (Å²) in [6.07, 6.45) is 0.715. The van der Waals surface area contributed by atoms with E-state index >= 15 is 0 Å². The maximum Gasteiger partial charge on any atom is 0.0437 e. The molecule has 1 atom stereocenters. The second-order valence-corrected chi connectivity index (χ2v) is 4.80. The van der Waals surface area contributed by atoms with Crippen LogP contribution in [0.1, 0.15) is 37.3 Å². The molecule has 15 heavy (non-hydrogen) atoms. The van der Waals surface area contributed by atoms with Gasteiger partial charge in [-0.25, -0.2) is 0 Å². The number of aliphatic hydroxyl groups excluding tert-OH is 1. The Balaban J connectivity index is 2.94. The molecule has 0 radical (unpaired) electrons. The first-order valence-electron chi connectivity index (χ1n) is 5.41. The summed E-state index contributed by atoms with van der Waals surface area (Å²) in [5.41, 5.74) is 8.29. The van der Waals surface area contributed by atoms with Crippen LogP contribution in [0.3, 0.4) is 0 Å². The Morgan fingerprint density at radius 1 is 1.27 bits per heavy atom. The van der Waals surface area contributed by atoms with E-state index in [1.165, 1.54) is 11.1 Å². The fourth-order valence-electron chi connectivity index (χ4n) is 1.90. The van der Waals surface area contributed by atoms with E-state index in [0.29, 0.717) is 6.42 Å². The van der Waals surface area contributed by atoms with Gasteiger partial charge in [-0.15, -0.1) is 0 Å². The number of aliphatic hydroxyl groups is 1. The first-order valence-corrected chi connectivity index (χ1v) is 5.41. The second-order valence-electron chi connectivity index (χ2n) is 4.80. The highest BCUT2D eigenvalue weighted by atomic mass is 16.3. The van der Waals surface area contributed by atoms with Gasteiger partial charge < -0.3 is 10.8 Å². The van der Waals surface area contributed by atoms with Gasteiger partial charge in [0.25, 0.3) is 0 Å². The van der Waals surface area contributed by atoms with Crippen LogP contribution < -0.4 is 5.73 Å². The van der Waals surface area contributed by atoms with Crippen molar-refractivity contribution in [2.45, 2.75) is 38.6 Å². The lowest BCUT2D eigenvalue weighted by Gasteiger charge is -2.30. The summed E-state index contributed by atoms with van der Waals surface area (Å²) < 4.78 is 0. The average molecular weight is 207 g/mol. The molecule has 1 rings (SSSR count). The molecule has 1 unspecified atom stereocenters. The zero-order valence-electron chi connectivity index (χ0n) is 9.83. The normalized spacial score (nSPS) is 13.9. The molecule has 0 spiro atoms. The van der Waals surface area contributed by atoms with Crippen molar-refractivity contribution < 1.29 is 5.11 Å². The van der Waals surface area contributed by atoms with E-state index in [2.05, 4.69) is 31.2 Å². The molecule has 0 heterocycles. The summed E-state index contributed by atoms with van der Waals surface area (Å²) in [6, 6.07) is 8.38. The number of nitrogens with two attached hydrogens (primary N) is 1. The molecule has 1 aromatic carbocycles. The molecular formula is C13H21NO. The lowest BCUT2D eigenvalue weighted by atomic mass is 9.80. The van der Waals surface area contributed by atoms with Gasteiger partial charge in [0.15, 0.2) is 0 Å². The Kier molecular flexibility index (Phi) is 3.89. The van der Waals surface area contributed by atoms with Crippen LogP contribution >= 0.6 is 0 Å². The van der Waals surface area contributed by atoms with Crippen LogP contribution in [0.5, 0.6) is 0 Å². The molecule has 0 aliphatic heterocycles. The van der Waals surface area contributed by atoms with Crippen LogP contribution in [0.15, 0.2) is 24.3 Å². The quantitative estimate of drug-likeness (QED) is 0.795. The first kappa shape index (κ1) is 12.2. The summed E-state index contributed by atoms with van der Waals surface area (Å²) in [5, 5.41) is 9.06. The predicted octanol–water partition coefficient (Wildman–Crippen LogP) is 2.20. The Labute approximate surface area is 92.1 Å². The maximum atomic E-state index is 9.06. The summed E-state index contributed by atoms with van der Waals surface area (Å²) >= 11 is 0. The maximum absolute atomic E-state index is 9.06. The lowest BCUT2D eigenvalue weighted by molar-refractivity contribution is 0.250. The largest absolute Gasteiger partial charge is 0.396 e. The van der Waals surface area contributed by atoms with Gasteiger partial charge in [-0.05, 0) is 32.8 Å². The van der Waals surface area contributed by atoms with Gasteiger partial charge >= 0.3 is 0 Å². The van der Waals surface area contributed by atoms with E-state index in [9.17, 15) is 0 Å². The van der Waals surface area contributed by atoms with Crippen molar-refractivity contribution in [3.8, 4) is 0 Å². The van der Waals surface area contributed by atoms with Crippen molar-refractivity contribution in [1.29, 1.82) is 0 Å². The minimum Gasteiger partial charge on any atom is -0.396 e. The molecule has 0 saturated carbocycles. The fourth-order valence-corrected chi connectivity index (χ4v) is 1.90. The Morgan fingerprint density at radius 3 is 2.20 bits per heavy atom. The van der Waals surface area contributed by atoms with Crippen molar-refractivity contribution in [1.82, 2.24) is 0 Å². The van der Waals surface area contributed by atoms with Crippen LogP contribution in [0.4, 0.5) is 0 Å². The monoisotopic (exact) mass is 207 g/mol. The molecule has 1 aromatic rings. The Bertz CT molecular complexity index is 297. The van der Waals surface area contributed by atoms with Crippen LogP contribution in [0.2, 0.25) is 0 Å². The number of rotatable bonds is 4. The number of aryl methyl sites for hydroxylation is 1. The van der Waals surface area contributed by atoms with Gasteiger partial charge in [-0.1, -0.05) is 29.8 Å². The van der Waals surface area contributed by atoms with Crippen molar-refractivity contribution in [2.24, 2.45) is 5.73 Å². The third-order valence-electron chi connectivity index (χ3n) is 2.80. The van der Waals surface area contributed by atoms with Crippen LogP contribution in [0, 0.1) is 6.92 Å². The smallest absolute Gasteiger partial charge is 0.0437 e. The highest BCUT2D eigenvalue weighted by molar-refractivity contribution is 5.26. The van der Waals surface area contributed by atoms with Gasteiger partial charge in [-0.2, -0.15) is 0 Å². The number of hydrogen-bond acceptors (Lipinski definition) is 2. The van der Waals surface area contributed by atoms with Crippen LogP contribution in [0.25, 0.3) is 0 Å². The van der Waals surface area contributed by atoms with Gasteiger partial charge in [0.05, 0.1) is 0 Å². The van der Waals surface area contributed by atoms with Gasteiger partial charge in [0.1, 0.15) is 0 Å². The van der Waals surface area contributed by atoms with E-state index in [0.717, 1.165) is 0 Å². The third-order valence-corrected chi connectivity index (χ3v) is 2.80. The summed E-state index contributed by atoms with van der Waals surface area (Å²) in [7, 11) is 0. The highest BCUT2D eigenvalue weighted by Gasteiger charge is 2.25. The fraction of sp³-hybridized carbons (Fsp3) is 0.538. The first-order chi connectivity index (χ1) is 6.95. The second kappa shape index (κ2) is 4.77. The minimum atomic E-state index is -0.294. The Hall–Kier alpha value is -0.860. The van der Waals surface area contributed by atoms with Gasteiger partial charge in [0.2, 0.25) is 0 Å². The topological polar surface area (TPSA) is 46.2 Å². The lowest BCUT2D eigenvalue weighted by Crippen LogP contribution is -2.39. The summed E-state index contributed by atoms with van der Waals surface area (Å²) in [5.74, 6) is 0.211. The molecule has 0 amide bonds. The standard InChI is InChI=1S/C13H21NO/c1-10-4-6-11(7-5-10)12(8-9-15)13(2,3)14/h4-7,12,15H,8-9,14H2,1-3H3. The molecule has 0 aliphatic rings. The molecule has 2 nitrogen and oxygen atoms in total. The summed E-state index contributed by atoms with van der Waals surface area (Å²) in [4.78, 5) is 0. The van der Waals surface area contributed by atoms with Crippen molar-refractivity contribution >= 4 is 0 Å². The van der Waals surface area contributed by atoms with Crippen molar-refractivity contribution in [3.05, 3.63) is 35.4 Å². The van der Waals surface area contributed by atoms with E-state index in [1.807, 2.05) is 13.8 Å². The van der Waals surface area contributed by atoms with E-state index in [4.69, 9.17) is 10.8 Å². The molecule has 0 bridgehead atoms. The highest BCUT2D eigenvalue weighted by Crippen LogP contribution is 2.29. The van der Waals surface area contributed by atoms with E-state index in [1.54, 1.807) is 0 Å². The Morgan fingerprint density at radius 2 is 1.80 bits per heavy atom. The van der Waals surface area contributed by atoms with Gasteiger partial charge in [0, 0.05) is 18.1 Å². The SMILES string of the molecule is Cc1ccc(C(CCO)C(C)(C)N)cc1. The third kappa shape index (κ3) is 3.33. The molecule has 0 fully saturated rings. The molecule has 0 aromatic heterocycles. The van der Waals surface area contributed by atoms with Crippen molar-refractivity contribution in [2.75, 3.05) is 6.61 Å². The number of hydrogen-bond donors (Lipinski definition) is 2. The zero-order valence-corrected chi connectivity index (χ0v) is 9.83.